The van der Waals surface area contributed by atoms with Crippen molar-refractivity contribution in [2.75, 3.05) is 26.3 Å². The number of carbonyl (C=O) groups excluding carboxylic acids is 1. The van der Waals surface area contributed by atoms with Gasteiger partial charge in [0.1, 0.15) is 6.61 Å². The molecule has 0 spiro atoms. The van der Waals surface area contributed by atoms with Crippen LogP contribution in [0.3, 0.4) is 0 Å². The Morgan fingerprint density at radius 2 is 2.06 bits per heavy atom. The highest BCUT2D eigenvalue weighted by atomic mass is 16.5. The molecule has 1 rings (SSSR count). The first-order valence-electron chi connectivity index (χ1n) is 6.48. The summed E-state index contributed by atoms with van der Waals surface area (Å²) in [6, 6.07) is 0. The van der Waals surface area contributed by atoms with Gasteiger partial charge in [-0.2, -0.15) is 0 Å². The van der Waals surface area contributed by atoms with E-state index in [1.54, 1.807) is 0 Å². The van der Waals surface area contributed by atoms with Crippen LogP contribution in [0, 0.1) is 11.8 Å². The molecule has 1 aliphatic rings. The van der Waals surface area contributed by atoms with E-state index < -0.39 is 0 Å². The lowest BCUT2D eigenvalue weighted by atomic mass is 9.92. The number of hydrogen-bond donors (Lipinski definition) is 1. The highest BCUT2D eigenvalue weighted by molar-refractivity contribution is 5.79. The Labute approximate surface area is 98.9 Å². The number of hydrogen-bond acceptors (Lipinski definition) is 3. The molecule has 0 amide bonds. The van der Waals surface area contributed by atoms with Crippen LogP contribution in [0.4, 0.5) is 0 Å². The number of nitrogens with one attached hydrogen (secondary N) is 1. The number of ketones is 1. The van der Waals surface area contributed by atoms with Crippen LogP contribution in [0.5, 0.6) is 0 Å². The maximum atomic E-state index is 11.5. The van der Waals surface area contributed by atoms with Crippen molar-refractivity contribution in [3.63, 3.8) is 0 Å². The largest absolute Gasteiger partial charge is 0.373 e. The van der Waals surface area contributed by atoms with E-state index in [2.05, 4.69) is 19.2 Å². The molecule has 0 aromatic rings. The van der Waals surface area contributed by atoms with Crippen LogP contribution in [-0.4, -0.2) is 32.1 Å². The van der Waals surface area contributed by atoms with Crippen molar-refractivity contribution < 1.29 is 9.53 Å². The van der Waals surface area contributed by atoms with Gasteiger partial charge >= 0.3 is 0 Å². The molecule has 3 nitrogen and oxygen atoms in total. The van der Waals surface area contributed by atoms with Gasteiger partial charge in [0, 0.05) is 13.0 Å². The number of carbonyl (C=O) groups is 1. The van der Waals surface area contributed by atoms with Crippen LogP contribution in [-0.2, 0) is 9.53 Å². The minimum atomic E-state index is 0.263. The lowest BCUT2D eigenvalue weighted by Gasteiger charge is -2.22. The Morgan fingerprint density at radius 3 is 2.69 bits per heavy atom. The highest BCUT2D eigenvalue weighted by Gasteiger charge is 2.14. The molecule has 16 heavy (non-hydrogen) atoms. The predicted octanol–water partition coefficient (Wildman–Crippen LogP) is 2.01. The number of piperidine rings is 1. The third-order valence-corrected chi connectivity index (χ3v) is 3.00. The molecule has 1 aliphatic heterocycles. The molecule has 0 unspecified atom stereocenters. The fourth-order valence-electron chi connectivity index (χ4n) is 2.02. The zero-order valence-electron chi connectivity index (χ0n) is 10.6. The van der Waals surface area contributed by atoms with Crippen molar-refractivity contribution in [3.8, 4) is 0 Å². The van der Waals surface area contributed by atoms with E-state index in [9.17, 15) is 4.79 Å². The smallest absolute Gasteiger partial charge is 0.158 e. The molecule has 1 fully saturated rings. The van der Waals surface area contributed by atoms with Gasteiger partial charge in [0.2, 0.25) is 0 Å². The third-order valence-electron chi connectivity index (χ3n) is 3.00. The normalized spacial score (nSPS) is 17.9. The SMILES string of the molecule is CC(C)COCC(=O)CCC1CCNCC1. The van der Waals surface area contributed by atoms with Crippen LogP contribution >= 0.6 is 0 Å². The van der Waals surface area contributed by atoms with Gasteiger partial charge < -0.3 is 10.1 Å². The van der Waals surface area contributed by atoms with Gasteiger partial charge in [0.25, 0.3) is 0 Å². The van der Waals surface area contributed by atoms with Crippen LogP contribution in [0.15, 0.2) is 0 Å². The average molecular weight is 227 g/mol. The Bertz CT molecular complexity index is 198. The zero-order chi connectivity index (χ0) is 11.8. The molecule has 0 aliphatic carbocycles. The molecule has 0 radical (unpaired) electrons. The minimum absolute atomic E-state index is 0.263. The first kappa shape index (κ1) is 13.7. The van der Waals surface area contributed by atoms with Crippen LogP contribution in [0.2, 0.25) is 0 Å². The minimum Gasteiger partial charge on any atom is -0.373 e. The van der Waals surface area contributed by atoms with Crippen molar-refractivity contribution in [3.05, 3.63) is 0 Å². The molecule has 1 heterocycles. The van der Waals surface area contributed by atoms with E-state index >= 15 is 0 Å². The monoisotopic (exact) mass is 227 g/mol. The lowest BCUT2D eigenvalue weighted by molar-refractivity contribution is -0.124. The van der Waals surface area contributed by atoms with Gasteiger partial charge in [-0.25, -0.2) is 0 Å². The van der Waals surface area contributed by atoms with Crippen LogP contribution in [0.25, 0.3) is 0 Å². The summed E-state index contributed by atoms with van der Waals surface area (Å²) in [7, 11) is 0. The van der Waals surface area contributed by atoms with E-state index in [1.165, 1.54) is 12.8 Å². The van der Waals surface area contributed by atoms with Gasteiger partial charge in [-0.05, 0) is 44.2 Å². The van der Waals surface area contributed by atoms with Crippen molar-refractivity contribution in [1.82, 2.24) is 5.32 Å². The fourth-order valence-corrected chi connectivity index (χ4v) is 2.02. The van der Waals surface area contributed by atoms with E-state index in [1.807, 2.05) is 0 Å². The second kappa shape index (κ2) is 7.80. The van der Waals surface area contributed by atoms with E-state index in [0.717, 1.165) is 25.4 Å². The molecule has 0 aromatic carbocycles. The van der Waals surface area contributed by atoms with Crippen molar-refractivity contribution in [2.45, 2.75) is 39.5 Å². The van der Waals surface area contributed by atoms with Crippen LogP contribution in [0.1, 0.15) is 39.5 Å². The summed E-state index contributed by atoms with van der Waals surface area (Å²) in [5.74, 6) is 1.52. The number of ether oxygens (including phenoxy) is 1. The van der Waals surface area contributed by atoms with Gasteiger partial charge in [-0.1, -0.05) is 13.8 Å². The second-order valence-corrected chi connectivity index (χ2v) is 5.18. The summed E-state index contributed by atoms with van der Waals surface area (Å²) < 4.78 is 5.33. The molecule has 3 heteroatoms. The van der Waals surface area contributed by atoms with E-state index in [4.69, 9.17) is 4.74 Å². The Balaban J connectivity index is 2.00. The molecule has 0 atom stereocenters. The molecule has 0 aromatic heterocycles. The van der Waals surface area contributed by atoms with Crippen molar-refractivity contribution in [2.24, 2.45) is 11.8 Å². The maximum absolute atomic E-state index is 11.5. The van der Waals surface area contributed by atoms with Gasteiger partial charge in [0.05, 0.1) is 0 Å². The average Bonchev–Trinajstić information content (AvgIpc) is 2.27. The first-order valence-corrected chi connectivity index (χ1v) is 6.48. The first-order chi connectivity index (χ1) is 7.68. The molecular formula is C13H25NO2. The van der Waals surface area contributed by atoms with Crippen molar-refractivity contribution in [1.29, 1.82) is 0 Å². The van der Waals surface area contributed by atoms with Crippen LogP contribution < -0.4 is 5.32 Å². The number of rotatable bonds is 7. The molecular weight excluding hydrogens is 202 g/mol. The Kier molecular flexibility index (Phi) is 6.65. The summed E-state index contributed by atoms with van der Waals surface area (Å²) in [4.78, 5) is 11.5. The summed E-state index contributed by atoms with van der Waals surface area (Å²) in [5.41, 5.74) is 0. The number of Topliss-reactive ketones (excluding diaryl/α,β-unsaturated/α-hetero) is 1. The van der Waals surface area contributed by atoms with E-state index in [0.29, 0.717) is 25.6 Å². The molecule has 94 valence electrons. The van der Waals surface area contributed by atoms with Gasteiger partial charge in [0.15, 0.2) is 5.78 Å². The summed E-state index contributed by atoms with van der Waals surface area (Å²) >= 11 is 0. The van der Waals surface area contributed by atoms with Gasteiger partial charge in [-0.15, -0.1) is 0 Å². The second-order valence-electron chi connectivity index (χ2n) is 5.18. The molecule has 1 N–H and O–H groups in total. The summed E-state index contributed by atoms with van der Waals surface area (Å²) in [6.07, 6.45) is 4.19. The topological polar surface area (TPSA) is 38.3 Å². The summed E-state index contributed by atoms with van der Waals surface area (Å²) in [6.45, 7) is 7.42. The predicted molar refractivity (Wildman–Crippen MR) is 65.5 cm³/mol. The van der Waals surface area contributed by atoms with E-state index in [-0.39, 0.29) is 5.78 Å². The Morgan fingerprint density at radius 1 is 1.38 bits per heavy atom. The highest BCUT2D eigenvalue weighted by Crippen LogP contribution is 2.17. The molecule has 0 saturated carbocycles. The summed E-state index contributed by atoms with van der Waals surface area (Å²) in [5, 5.41) is 3.34. The van der Waals surface area contributed by atoms with Gasteiger partial charge in [-0.3, -0.25) is 4.79 Å². The molecule has 0 bridgehead atoms. The lowest BCUT2D eigenvalue weighted by Crippen LogP contribution is -2.28. The third kappa shape index (κ3) is 6.23. The fraction of sp³-hybridized carbons (Fsp3) is 0.923. The standard InChI is InChI=1S/C13H25NO2/c1-11(2)9-16-10-13(15)4-3-12-5-7-14-8-6-12/h11-12,14H,3-10H2,1-2H3. The zero-order valence-corrected chi connectivity index (χ0v) is 10.6. The Hall–Kier alpha value is -0.410. The van der Waals surface area contributed by atoms with Crippen molar-refractivity contribution >= 4 is 5.78 Å². The molecule has 1 saturated heterocycles. The maximum Gasteiger partial charge on any atom is 0.158 e. The quantitative estimate of drug-likeness (QED) is 0.723.